The van der Waals surface area contributed by atoms with Crippen molar-refractivity contribution in [2.24, 2.45) is 5.92 Å². The van der Waals surface area contributed by atoms with E-state index in [4.69, 9.17) is 0 Å². The van der Waals surface area contributed by atoms with Crippen LogP contribution in [0.4, 0.5) is 5.69 Å². The van der Waals surface area contributed by atoms with Crippen molar-refractivity contribution < 1.29 is 19.5 Å². The number of rotatable bonds is 7. The Hall–Kier alpha value is -2.37. The Morgan fingerprint density at radius 2 is 1.96 bits per heavy atom. The second-order valence-electron chi connectivity index (χ2n) is 6.51. The van der Waals surface area contributed by atoms with Gasteiger partial charge in [0, 0.05) is 25.1 Å². The Morgan fingerprint density at radius 3 is 2.62 bits per heavy atom. The molecule has 1 aliphatic rings. The first kappa shape index (κ1) is 18.0. The number of anilines is 1. The third-order valence-electron chi connectivity index (χ3n) is 4.09. The third kappa shape index (κ3) is 4.57. The van der Waals surface area contributed by atoms with Gasteiger partial charge in [0.25, 0.3) is 0 Å². The lowest BCUT2D eigenvalue weighted by Gasteiger charge is -2.29. The highest BCUT2D eigenvalue weighted by Gasteiger charge is 2.25. The van der Waals surface area contributed by atoms with Crippen LogP contribution in [0.15, 0.2) is 24.3 Å². The highest BCUT2D eigenvalue weighted by Crippen LogP contribution is 2.27. The first-order valence-electron chi connectivity index (χ1n) is 8.29. The number of amides is 2. The molecule has 2 amide bonds. The van der Waals surface area contributed by atoms with Crippen LogP contribution in [0, 0.1) is 5.92 Å². The van der Waals surface area contributed by atoms with Gasteiger partial charge in [0.05, 0.1) is 0 Å². The average molecular weight is 332 g/mol. The zero-order valence-electron chi connectivity index (χ0n) is 14.1. The molecule has 0 bridgehead atoms. The summed E-state index contributed by atoms with van der Waals surface area (Å²) in [6, 6.07) is 6.78. The molecule has 6 nitrogen and oxygen atoms in total. The molecule has 2 N–H and O–H groups in total. The van der Waals surface area contributed by atoms with Crippen molar-refractivity contribution in [2.75, 3.05) is 11.4 Å². The number of hydrogen-bond acceptors (Lipinski definition) is 3. The number of fused-ring (bicyclic) bond motifs is 1. The number of aliphatic carboxylic acids is 1. The summed E-state index contributed by atoms with van der Waals surface area (Å²) in [7, 11) is 0. The Balaban J connectivity index is 1.96. The number of nitrogens with one attached hydrogen (secondary N) is 1. The molecule has 0 saturated heterocycles. The van der Waals surface area contributed by atoms with Crippen molar-refractivity contribution in [1.29, 1.82) is 0 Å². The molecule has 24 heavy (non-hydrogen) atoms. The summed E-state index contributed by atoms with van der Waals surface area (Å²) >= 11 is 0. The first-order valence-corrected chi connectivity index (χ1v) is 8.29. The molecular formula is C18H24N2O4. The number of carbonyl (C=O) groups is 3. The van der Waals surface area contributed by atoms with Gasteiger partial charge in [-0.3, -0.25) is 9.59 Å². The first-order chi connectivity index (χ1) is 11.4. The van der Waals surface area contributed by atoms with Crippen LogP contribution in [-0.4, -0.2) is 35.5 Å². The summed E-state index contributed by atoms with van der Waals surface area (Å²) in [4.78, 5) is 37.1. The van der Waals surface area contributed by atoms with Crippen LogP contribution < -0.4 is 10.2 Å². The van der Waals surface area contributed by atoms with Crippen LogP contribution in [0.25, 0.3) is 0 Å². The fourth-order valence-electron chi connectivity index (χ4n) is 2.91. The summed E-state index contributed by atoms with van der Waals surface area (Å²) in [6.45, 7) is 4.08. The fraction of sp³-hybridized carbons (Fsp3) is 0.500. The number of benzene rings is 1. The van der Waals surface area contributed by atoms with Gasteiger partial charge in [-0.2, -0.15) is 0 Å². The van der Waals surface area contributed by atoms with E-state index in [-0.39, 0.29) is 30.7 Å². The van der Waals surface area contributed by atoms with Crippen molar-refractivity contribution in [1.82, 2.24) is 5.32 Å². The Bertz CT molecular complexity index is 627. The van der Waals surface area contributed by atoms with E-state index >= 15 is 0 Å². The number of carboxylic acids is 1. The lowest BCUT2D eigenvalue weighted by atomic mass is 10.0. The highest BCUT2D eigenvalue weighted by atomic mass is 16.4. The quantitative estimate of drug-likeness (QED) is 0.799. The minimum absolute atomic E-state index is 0.00142. The molecule has 1 aliphatic heterocycles. The smallest absolute Gasteiger partial charge is 0.326 e. The summed E-state index contributed by atoms with van der Waals surface area (Å²) in [5, 5.41) is 11.7. The van der Waals surface area contributed by atoms with Crippen molar-refractivity contribution in [2.45, 2.75) is 45.6 Å². The maximum absolute atomic E-state index is 12.1. The van der Waals surface area contributed by atoms with E-state index in [9.17, 15) is 19.5 Å². The molecule has 1 aromatic carbocycles. The minimum Gasteiger partial charge on any atom is -0.480 e. The van der Waals surface area contributed by atoms with E-state index < -0.39 is 12.0 Å². The predicted octanol–water partition coefficient (Wildman–Crippen LogP) is 1.97. The second kappa shape index (κ2) is 7.95. The molecular weight excluding hydrogens is 308 g/mol. The zero-order valence-corrected chi connectivity index (χ0v) is 14.1. The van der Waals surface area contributed by atoms with E-state index in [2.05, 4.69) is 5.32 Å². The summed E-state index contributed by atoms with van der Waals surface area (Å²) < 4.78 is 0. The maximum atomic E-state index is 12.1. The van der Waals surface area contributed by atoms with E-state index in [1.165, 1.54) is 0 Å². The second-order valence-corrected chi connectivity index (χ2v) is 6.51. The van der Waals surface area contributed by atoms with Crippen LogP contribution in [0.1, 0.15) is 38.7 Å². The van der Waals surface area contributed by atoms with Crippen LogP contribution >= 0.6 is 0 Å². The van der Waals surface area contributed by atoms with Gasteiger partial charge in [0.1, 0.15) is 6.04 Å². The monoisotopic (exact) mass is 332 g/mol. The summed E-state index contributed by atoms with van der Waals surface area (Å²) in [5.74, 6) is -1.21. The van der Waals surface area contributed by atoms with Crippen molar-refractivity contribution in [3.8, 4) is 0 Å². The predicted molar refractivity (Wildman–Crippen MR) is 90.8 cm³/mol. The Labute approximate surface area is 141 Å². The molecule has 2 rings (SSSR count). The average Bonchev–Trinajstić information content (AvgIpc) is 2.52. The molecule has 0 radical (unpaired) electrons. The van der Waals surface area contributed by atoms with E-state index in [0.717, 1.165) is 11.3 Å². The number of carbonyl (C=O) groups excluding carboxylic acids is 2. The van der Waals surface area contributed by atoms with Gasteiger partial charge in [0.15, 0.2) is 0 Å². The van der Waals surface area contributed by atoms with Crippen molar-refractivity contribution in [3.63, 3.8) is 0 Å². The van der Waals surface area contributed by atoms with Gasteiger partial charge >= 0.3 is 5.97 Å². The van der Waals surface area contributed by atoms with Gasteiger partial charge in [-0.1, -0.05) is 32.0 Å². The highest BCUT2D eigenvalue weighted by molar-refractivity contribution is 5.97. The summed E-state index contributed by atoms with van der Waals surface area (Å²) in [5.41, 5.74) is 1.94. The van der Waals surface area contributed by atoms with E-state index in [0.29, 0.717) is 19.3 Å². The molecule has 0 unspecified atom stereocenters. The van der Waals surface area contributed by atoms with Crippen LogP contribution in [0.2, 0.25) is 0 Å². The molecule has 0 fully saturated rings. The third-order valence-corrected chi connectivity index (χ3v) is 4.09. The molecule has 1 atom stereocenters. The van der Waals surface area contributed by atoms with E-state index in [1.54, 1.807) is 4.90 Å². The van der Waals surface area contributed by atoms with Crippen LogP contribution in [0.5, 0.6) is 0 Å². The number of carboxylic acid groups (broad SMARTS) is 1. The lowest BCUT2D eigenvalue weighted by Crippen LogP contribution is -2.44. The fourth-order valence-corrected chi connectivity index (χ4v) is 2.91. The number of para-hydroxylation sites is 1. The number of hydrogen-bond donors (Lipinski definition) is 2. The largest absolute Gasteiger partial charge is 0.480 e. The molecule has 1 aromatic rings. The molecule has 0 saturated carbocycles. The number of nitrogens with zero attached hydrogens (tertiary/aromatic N) is 1. The summed E-state index contributed by atoms with van der Waals surface area (Å²) in [6.07, 6.45) is 1.62. The molecule has 0 aliphatic carbocycles. The van der Waals surface area contributed by atoms with Crippen molar-refractivity contribution >= 4 is 23.5 Å². The maximum Gasteiger partial charge on any atom is 0.326 e. The molecule has 0 aromatic heterocycles. The van der Waals surface area contributed by atoms with E-state index in [1.807, 2.05) is 38.1 Å². The van der Waals surface area contributed by atoms with Crippen LogP contribution in [-0.2, 0) is 20.8 Å². The van der Waals surface area contributed by atoms with Gasteiger partial charge < -0.3 is 15.3 Å². The molecule has 0 spiro atoms. The van der Waals surface area contributed by atoms with Gasteiger partial charge in [-0.05, 0) is 30.4 Å². The Kier molecular flexibility index (Phi) is 5.95. The van der Waals surface area contributed by atoms with Gasteiger partial charge in [0.2, 0.25) is 11.8 Å². The van der Waals surface area contributed by atoms with Gasteiger partial charge in [-0.15, -0.1) is 0 Å². The number of aryl methyl sites for hydroxylation is 1. The standard InChI is InChI=1S/C18H24N2O4/c1-12(2)11-14(18(23)24)19-16(21)9-10-20-15-6-4-3-5-13(15)7-8-17(20)22/h3-6,12,14H,7-11H2,1-2H3,(H,19,21)(H,23,24)/t14-/m0/s1. The topological polar surface area (TPSA) is 86.7 Å². The molecule has 130 valence electrons. The minimum atomic E-state index is -1.03. The Morgan fingerprint density at radius 1 is 1.25 bits per heavy atom. The van der Waals surface area contributed by atoms with Crippen molar-refractivity contribution in [3.05, 3.63) is 29.8 Å². The zero-order chi connectivity index (χ0) is 17.7. The van der Waals surface area contributed by atoms with Crippen LogP contribution in [0.3, 0.4) is 0 Å². The van der Waals surface area contributed by atoms with Gasteiger partial charge in [-0.25, -0.2) is 4.79 Å². The lowest BCUT2D eigenvalue weighted by molar-refractivity contribution is -0.142. The normalized spacial score (nSPS) is 15.1. The molecule has 6 heteroatoms. The SMILES string of the molecule is CC(C)C[C@H](NC(=O)CCN1C(=O)CCc2ccccc21)C(=O)O. The molecule has 1 heterocycles.